The molecule has 0 radical (unpaired) electrons. The average molecular weight is 283 g/mol. The molecule has 0 aliphatic rings. The van der Waals surface area contributed by atoms with Gasteiger partial charge in [0.2, 0.25) is 0 Å². The molecular formula is C18H21NO2. The van der Waals surface area contributed by atoms with Gasteiger partial charge in [0.1, 0.15) is 0 Å². The summed E-state index contributed by atoms with van der Waals surface area (Å²) < 4.78 is 1.70. The fourth-order valence-corrected chi connectivity index (χ4v) is 2.65. The standard InChI is InChI=1S/C18H21NO2/c1-11(2)19-17(9-8-16(14(5)20)18(19)21)15-7-6-12(3)10-13(15)4/h6-11H,1-5H3. The number of aryl methyl sites for hydroxylation is 2. The monoisotopic (exact) mass is 283 g/mol. The second kappa shape index (κ2) is 5.68. The van der Waals surface area contributed by atoms with Crippen molar-refractivity contribution in [1.29, 1.82) is 0 Å². The van der Waals surface area contributed by atoms with E-state index in [1.165, 1.54) is 12.5 Å². The van der Waals surface area contributed by atoms with Gasteiger partial charge in [-0.2, -0.15) is 0 Å². The van der Waals surface area contributed by atoms with Crippen LogP contribution >= 0.6 is 0 Å². The van der Waals surface area contributed by atoms with Crippen LogP contribution in [0.15, 0.2) is 35.1 Å². The number of carbonyl (C=O) groups is 1. The topological polar surface area (TPSA) is 39.1 Å². The van der Waals surface area contributed by atoms with Crippen molar-refractivity contribution in [3.63, 3.8) is 0 Å². The van der Waals surface area contributed by atoms with E-state index in [1.807, 2.05) is 45.9 Å². The van der Waals surface area contributed by atoms with Gasteiger partial charge in [-0.05, 0) is 52.3 Å². The van der Waals surface area contributed by atoms with Crippen LogP contribution in [-0.2, 0) is 0 Å². The number of Topliss-reactive ketones (excluding diaryl/α,β-unsaturated/α-hetero) is 1. The maximum absolute atomic E-state index is 12.6. The maximum atomic E-state index is 12.6. The number of hydrogen-bond acceptors (Lipinski definition) is 2. The zero-order chi connectivity index (χ0) is 15.7. The first-order valence-corrected chi connectivity index (χ1v) is 7.17. The summed E-state index contributed by atoms with van der Waals surface area (Å²) in [5.74, 6) is -0.193. The van der Waals surface area contributed by atoms with Crippen molar-refractivity contribution in [2.45, 2.75) is 40.7 Å². The van der Waals surface area contributed by atoms with E-state index in [4.69, 9.17) is 0 Å². The SMILES string of the molecule is CC(=O)c1ccc(-c2ccc(C)cc2C)n(C(C)C)c1=O. The van der Waals surface area contributed by atoms with Crippen LogP contribution in [-0.4, -0.2) is 10.4 Å². The highest BCUT2D eigenvalue weighted by atomic mass is 16.1. The summed E-state index contributed by atoms with van der Waals surface area (Å²) in [5.41, 5.74) is 4.24. The minimum Gasteiger partial charge on any atom is -0.305 e. The molecule has 1 heterocycles. The minimum absolute atomic E-state index is 0.00694. The molecule has 0 spiro atoms. The number of benzene rings is 1. The molecule has 2 aromatic rings. The second-order valence-corrected chi connectivity index (χ2v) is 5.78. The van der Waals surface area contributed by atoms with E-state index in [9.17, 15) is 9.59 Å². The van der Waals surface area contributed by atoms with E-state index in [2.05, 4.69) is 6.07 Å². The zero-order valence-electron chi connectivity index (χ0n) is 13.2. The van der Waals surface area contributed by atoms with Gasteiger partial charge in [-0.3, -0.25) is 9.59 Å². The van der Waals surface area contributed by atoms with Crippen LogP contribution in [0.1, 0.15) is 48.3 Å². The molecule has 3 heteroatoms. The zero-order valence-corrected chi connectivity index (χ0v) is 13.2. The third-order valence-corrected chi connectivity index (χ3v) is 3.67. The van der Waals surface area contributed by atoms with E-state index in [1.54, 1.807) is 10.6 Å². The normalized spacial score (nSPS) is 11.0. The van der Waals surface area contributed by atoms with Crippen molar-refractivity contribution in [1.82, 2.24) is 4.57 Å². The predicted molar refractivity (Wildman–Crippen MR) is 86.0 cm³/mol. The van der Waals surface area contributed by atoms with Gasteiger partial charge >= 0.3 is 0 Å². The fourth-order valence-electron chi connectivity index (χ4n) is 2.65. The molecule has 1 aromatic heterocycles. The highest BCUT2D eigenvalue weighted by Crippen LogP contribution is 2.25. The lowest BCUT2D eigenvalue weighted by Crippen LogP contribution is -2.28. The van der Waals surface area contributed by atoms with Crippen molar-refractivity contribution in [3.8, 4) is 11.3 Å². The number of hydrogen-bond donors (Lipinski definition) is 0. The minimum atomic E-state index is -0.213. The summed E-state index contributed by atoms with van der Waals surface area (Å²) >= 11 is 0. The van der Waals surface area contributed by atoms with Crippen molar-refractivity contribution in [2.75, 3.05) is 0 Å². The molecule has 0 atom stereocenters. The Hall–Kier alpha value is -2.16. The number of aromatic nitrogens is 1. The molecule has 0 fully saturated rings. The summed E-state index contributed by atoms with van der Waals surface area (Å²) in [6.07, 6.45) is 0. The Labute approximate surface area is 125 Å². The van der Waals surface area contributed by atoms with E-state index in [0.717, 1.165) is 16.8 Å². The number of nitrogens with zero attached hydrogens (tertiary/aromatic N) is 1. The van der Waals surface area contributed by atoms with Crippen molar-refractivity contribution >= 4 is 5.78 Å². The molecule has 0 saturated carbocycles. The Balaban J connectivity index is 2.78. The largest absolute Gasteiger partial charge is 0.305 e. The Morgan fingerprint density at radius 2 is 1.76 bits per heavy atom. The first kappa shape index (κ1) is 15.2. The van der Waals surface area contributed by atoms with Gasteiger partial charge in [0.15, 0.2) is 5.78 Å². The highest BCUT2D eigenvalue weighted by Gasteiger charge is 2.16. The predicted octanol–water partition coefficient (Wildman–Crippen LogP) is 3.92. The lowest BCUT2D eigenvalue weighted by Gasteiger charge is -2.19. The van der Waals surface area contributed by atoms with Gasteiger partial charge in [-0.25, -0.2) is 0 Å². The number of ketones is 1. The number of carbonyl (C=O) groups excluding carboxylic acids is 1. The first-order chi connectivity index (χ1) is 9.82. The van der Waals surface area contributed by atoms with Gasteiger partial charge in [0, 0.05) is 11.6 Å². The molecule has 0 saturated heterocycles. The quantitative estimate of drug-likeness (QED) is 0.801. The summed E-state index contributed by atoms with van der Waals surface area (Å²) in [4.78, 5) is 24.2. The molecule has 1 aromatic carbocycles. The van der Waals surface area contributed by atoms with Gasteiger partial charge in [-0.15, -0.1) is 0 Å². The first-order valence-electron chi connectivity index (χ1n) is 7.17. The smallest absolute Gasteiger partial charge is 0.262 e. The lowest BCUT2D eigenvalue weighted by molar-refractivity contribution is 0.101. The third kappa shape index (κ3) is 2.82. The van der Waals surface area contributed by atoms with Crippen LogP contribution < -0.4 is 5.56 Å². The van der Waals surface area contributed by atoms with Crippen molar-refractivity contribution in [2.24, 2.45) is 0 Å². The van der Waals surface area contributed by atoms with Crippen LogP contribution in [0.3, 0.4) is 0 Å². The molecule has 3 nitrogen and oxygen atoms in total. The molecule has 0 unspecified atom stereocenters. The van der Waals surface area contributed by atoms with Crippen molar-refractivity contribution < 1.29 is 4.79 Å². The summed E-state index contributed by atoms with van der Waals surface area (Å²) in [6.45, 7) is 9.43. The van der Waals surface area contributed by atoms with Crippen LogP contribution in [0.25, 0.3) is 11.3 Å². The third-order valence-electron chi connectivity index (χ3n) is 3.67. The Bertz CT molecular complexity index is 754. The van der Waals surface area contributed by atoms with E-state index in [-0.39, 0.29) is 22.9 Å². The van der Waals surface area contributed by atoms with Gasteiger partial charge in [0.25, 0.3) is 5.56 Å². The molecule has 0 aliphatic heterocycles. The number of pyridine rings is 1. The molecule has 0 aliphatic carbocycles. The Morgan fingerprint density at radius 1 is 1.10 bits per heavy atom. The van der Waals surface area contributed by atoms with E-state index < -0.39 is 0 Å². The van der Waals surface area contributed by atoms with Crippen LogP contribution in [0.4, 0.5) is 0 Å². The molecule has 110 valence electrons. The fraction of sp³-hybridized carbons (Fsp3) is 0.333. The van der Waals surface area contributed by atoms with Gasteiger partial charge in [-0.1, -0.05) is 23.8 Å². The van der Waals surface area contributed by atoms with Crippen molar-refractivity contribution in [3.05, 3.63) is 57.4 Å². The highest BCUT2D eigenvalue weighted by molar-refractivity contribution is 5.94. The maximum Gasteiger partial charge on any atom is 0.262 e. The van der Waals surface area contributed by atoms with Crippen LogP contribution in [0, 0.1) is 13.8 Å². The summed E-state index contributed by atoms with van der Waals surface area (Å²) in [7, 11) is 0. The molecule has 0 bridgehead atoms. The Morgan fingerprint density at radius 3 is 2.29 bits per heavy atom. The molecule has 21 heavy (non-hydrogen) atoms. The van der Waals surface area contributed by atoms with E-state index in [0.29, 0.717) is 0 Å². The van der Waals surface area contributed by atoms with Gasteiger partial charge < -0.3 is 4.57 Å². The Kier molecular flexibility index (Phi) is 4.12. The van der Waals surface area contributed by atoms with Crippen LogP contribution in [0.2, 0.25) is 0 Å². The van der Waals surface area contributed by atoms with E-state index >= 15 is 0 Å². The molecular weight excluding hydrogens is 262 g/mol. The molecule has 0 N–H and O–H groups in total. The summed E-state index contributed by atoms with van der Waals surface area (Å²) in [6, 6.07) is 9.67. The van der Waals surface area contributed by atoms with Crippen LogP contribution in [0.5, 0.6) is 0 Å². The second-order valence-electron chi connectivity index (χ2n) is 5.78. The number of rotatable bonds is 3. The average Bonchev–Trinajstić information content (AvgIpc) is 2.37. The molecule has 0 amide bonds. The lowest BCUT2D eigenvalue weighted by atomic mass is 10.0. The molecule has 2 rings (SSSR count). The summed E-state index contributed by atoms with van der Waals surface area (Å²) in [5, 5.41) is 0. The van der Waals surface area contributed by atoms with Gasteiger partial charge in [0.05, 0.1) is 11.3 Å².